The van der Waals surface area contributed by atoms with Crippen molar-refractivity contribution in [3.05, 3.63) is 36.5 Å². The van der Waals surface area contributed by atoms with Gasteiger partial charge in [-0.25, -0.2) is 4.57 Å². The molecular formula is C50H94NO9P. The first-order valence-corrected chi connectivity index (χ1v) is 26.5. The van der Waals surface area contributed by atoms with Crippen molar-refractivity contribution in [2.45, 2.75) is 244 Å². The van der Waals surface area contributed by atoms with Crippen molar-refractivity contribution in [2.24, 2.45) is 5.73 Å². The lowest BCUT2D eigenvalue weighted by molar-refractivity contribution is -0.154. The van der Waals surface area contributed by atoms with Crippen LogP contribution in [0, 0.1) is 0 Å². The van der Waals surface area contributed by atoms with E-state index in [4.69, 9.17) is 29.4 Å². The lowest BCUT2D eigenvalue weighted by atomic mass is 10.0. The quantitative estimate of drug-likeness (QED) is 0.0233. The molecule has 3 atom stereocenters. The van der Waals surface area contributed by atoms with Gasteiger partial charge in [-0.3, -0.25) is 18.6 Å². The Kier molecular flexibility index (Phi) is 44.8. The van der Waals surface area contributed by atoms with Gasteiger partial charge < -0.3 is 25.2 Å². The second-order valence-corrected chi connectivity index (χ2v) is 18.4. The molecule has 0 saturated carbocycles. The summed E-state index contributed by atoms with van der Waals surface area (Å²) in [4.78, 5) is 33.7. The third-order valence-corrected chi connectivity index (χ3v) is 11.9. The van der Waals surface area contributed by atoms with E-state index in [2.05, 4.69) is 50.3 Å². The minimum atomic E-state index is -4.62. The fourth-order valence-electron chi connectivity index (χ4n) is 7.02. The van der Waals surface area contributed by atoms with Gasteiger partial charge in [0, 0.05) is 13.0 Å². The Balaban J connectivity index is 4.18. The maximum Gasteiger partial charge on any atom is 0.472 e. The zero-order valence-corrected chi connectivity index (χ0v) is 40.2. The second kappa shape index (κ2) is 46.2. The molecule has 0 fully saturated rings. The van der Waals surface area contributed by atoms with Gasteiger partial charge in [-0.15, -0.1) is 0 Å². The molecule has 0 aliphatic rings. The highest BCUT2D eigenvalue weighted by molar-refractivity contribution is 7.47. The van der Waals surface area contributed by atoms with Crippen LogP contribution in [0.25, 0.3) is 0 Å². The predicted molar refractivity (Wildman–Crippen MR) is 254 cm³/mol. The minimum absolute atomic E-state index is 0.0146. The van der Waals surface area contributed by atoms with Gasteiger partial charge in [-0.2, -0.15) is 0 Å². The van der Waals surface area contributed by atoms with Gasteiger partial charge >= 0.3 is 19.8 Å². The molecule has 0 rings (SSSR count). The largest absolute Gasteiger partial charge is 0.480 e. The van der Waals surface area contributed by atoms with Crippen LogP contribution in [0.4, 0.5) is 0 Å². The van der Waals surface area contributed by atoms with E-state index < -0.39 is 45.1 Å². The summed E-state index contributed by atoms with van der Waals surface area (Å²) in [6.45, 7) is 3.89. The van der Waals surface area contributed by atoms with Crippen LogP contribution in [0.3, 0.4) is 0 Å². The van der Waals surface area contributed by atoms with E-state index in [0.717, 1.165) is 70.6 Å². The van der Waals surface area contributed by atoms with Crippen LogP contribution in [0.1, 0.15) is 232 Å². The molecule has 0 amide bonds. The first kappa shape index (κ1) is 59.2. The number of phosphoric acid groups is 1. The maximum atomic E-state index is 12.7. The van der Waals surface area contributed by atoms with Crippen molar-refractivity contribution >= 4 is 19.8 Å². The van der Waals surface area contributed by atoms with E-state index in [0.29, 0.717) is 13.0 Å². The molecule has 11 heteroatoms. The average Bonchev–Trinajstić information content (AvgIpc) is 3.24. The predicted octanol–water partition coefficient (Wildman–Crippen LogP) is 14.4. The molecule has 0 radical (unpaired) electrons. The lowest BCUT2D eigenvalue weighted by Gasteiger charge is -2.20. The van der Waals surface area contributed by atoms with E-state index in [1.165, 1.54) is 135 Å². The van der Waals surface area contributed by atoms with Crippen molar-refractivity contribution in [1.29, 1.82) is 0 Å². The number of phosphoric ester groups is 1. The average molecular weight is 884 g/mol. The zero-order chi connectivity index (χ0) is 44.8. The summed E-state index contributed by atoms with van der Waals surface area (Å²) in [5.74, 6) is -1.78. The molecule has 4 N–H and O–H groups in total. The molecular weight excluding hydrogens is 790 g/mol. The number of carbonyl (C=O) groups is 2. The molecule has 0 bridgehead atoms. The third kappa shape index (κ3) is 46.0. The molecule has 0 aliphatic heterocycles. The molecule has 3 unspecified atom stereocenters. The minimum Gasteiger partial charge on any atom is -0.480 e. The number of carbonyl (C=O) groups excluding carboxylic acids is 1. The molecule has 0 spiro atoms. The highest BCUT2D eigenvalue weighted by Gasteiger charge is 2.27. The maximum absolute atomic E-state index is 12.7. The molecule has 0 aromatic heterocycles. The number of carboxylic acids is 1. The van der Waals surface area contributed by atoms with E-state index >= 15 is 0 Å². The first-order chi connectivity index (χ1) is 29.7. The summed E-state index contributed by atoms with van der Waals surface area (Å²) in [5, 5.41) is 8.92. The summed E-state index contributed by atoms with van der Waals surface area (Å²) >= 11 is 0. The molecule has 358 valence electrons. The number of ether oxygens (including phenoxy) is 2. The molecule has 0 aromatic rings. The van der Waals surface area contributed by atoms with Crippen LogP contribution in [-0.4, -0.2) is 60.5 Å². The standard InChI is InChI=1S/C50H94NO9P/c1-3-5-7-9-11-13-15-17-19-21-23-24-25-26-28-30-32-34-36-38-40-42-49(52)60-47(45-58-61(55,56)59-46-48(51)50(53)54)44-57-43-41-39-37-35-33-31-29-27-22-20-18-16-14-12-10-8-6-4-2/h15,17,21,23,25-26,47-48H,3-14,16,18-20,22,24,27-46,51H2,1-2H3,(H,53,54)(H,55,56)/b17-15-,23-21-,26-25-. The summed E-state index contributed by atoms with van der Waals surface area (Å²) < 4.78 is 33.5. The Morgan fingerprint density at radius 1 is 0.525 bits per heavy atom. The highest BCUT2D eigenvalue weighted by atomic mass is 31.2. The number of carboxylic acid groups (broad SMARTS) is 1. The van der Waals surface area contributed by atoms with Crippen molar-refractivity contribution in [1.82, 2.24) is 0 Å². The first-order valence-electron chi connectivity index (χ1n) is 25.0. The van der Waals surface area contributed by atoms with E-state index in [1.54, 1.807) is 0 Å². The van der Waals surface area contributed by atoms with Gasteiger partial charge in [0.15, 0.2) is 0 Å². The summed E-state index contributed by atoms with van der Waals surface area (Å²) in [6.07, 6.45) is 53.4. The lowest BCUT2D eigenvalue weighted by Crippen LogP contribution is -2.34. The molecule has 0 aromatic carbocycles. The van der Waals surface area contributed by atoms with E-state index in [9.17, 15) is 19.0 Å². The molecule has 0 heterocycles. The smallest absolute Gasteiger partial charge is 0.472 e. The monoisotopic (exact) mass is 884 g/mol. The SMILES string of the molecule is CCCCCCC/C=C\C/C=C\C/C=C\CCCCCCCCC(=O)OC(COCCCCCCCCCCCCCCCCCCCC)COP(=O)(O)OCC(N)C(=O)O. The van der Waals surface area contributed by atoms with Crippen molar-refractivity contribution in [2.75, 3.05) is 26.4 Å². The Morgan fingerprint density at radius 2 is 0.902 bits per heavy atom. The summed E-state index contributed by atoms with van der Waals surface area (Å²) in [7, 11) is -4.62. The molecule has 61 heavy (non-hydrogen) atoms. The van der Waals surface area contributed by atoms with E-state index in [-0.39, 0.29) is 13.0 Å². The summed E-state index contributed by atoms with van der Waals surface area (Å²) in [6, 6.07) is -1.47. The Labute approximate surface area is 374 Å². The van der Waals surface area contributed by atoms with Crippen LogP contribution in [0.5, 0.6) is 0 Å². The van der Waals surface area contributed by atoms with Crippen molar-refractivity contribution in [3.63, 3.8) is 0 Å². The number of esters is 1. The van der Waals surface area contributed by atoms with Gasteiger partial charge in [-0.05, 0) is 51.4 Å². The third-order valence-electron chi connectivity index (χ3n) is 10.9. The van der Waals surface area contributed by atoms with Gasteiger partial charge in [0.2, 0.25) is 0 Å². The van der Waals surface area contributed by atoms with Gasteiger partial charge in [0.05, 0.1) is 19.8 Å². The fraction of sp³-hybridized carbons (Fsp3) is 0.840. The van der Waals surface area contributed by atoms with Gasteiger partial charge in [0.25, 0.3) is 0 Å². The normalized spacial score (nSPS) is 14.0. The molecule has 0 saturated heterocycles. The van der Waals surface area contributed by atoms with Crippen LogP contribution in [0.15, 0.2) is 36.5 Å². The Hall–Kier alpha value is -1.81. The fourth-order valence-corrected chi connectivity index (χ4v) is 7.80. The zero-order valence-electron chi connectivity index (χ0n) is 39.3. The van der Waals surface area contributed by atoms with Crippen LogP contribution in [0.2, 0.25) is 0 Å². The second-order valence-electron chi connectivity index (χ2n) is 17.0. The summed E-state index contributed by atoms with van der Waals surface area (Å²) in [5.41, 5.74) is 5.37. The van der Waals surface area contributed by atoms with Gasteiger partial charge in [0.1, 0.15) is 12.1 Å². The van der Waals surface area contributed by atoms with Crippen LogP contribution < -0.4 is 5.73 Å². The molecule has 10 nitrogen and oxygen atoms in total. The topological polar surface area (TPSA) is 155 Å². The van der Waals surface area contributed by atoms with E-state index in [1.807, 2.05) is 0 Å². The number of hydrogen-bond donors (Lipinski definition) is 3. The van der Waals surface area contributed by atoms with Crippen molar-refractivity contribution in [3.8, 4) is 0 Å². The Bertz CT molecular complexity index is 1110. The number of rotatable bonds is 48. The number of nitrogens with two attached hydrogens (primary N) is 1. The van der Waals surface area contributed by atoms with Crippen LogP contribution >= 0.6 is 7.82 Å². The van der Waals surface area contributed by atoms with Crippen molar-refractivity contribution < 1.29 is 42.7 Å². The number of hydrogen-bond acceptors (Lipinski definition) is 8. The van der Waals surface area contributed by atoms with Crippen LogP contribution in [-0.2, 0) is 32.7 Å². The molecule has 0 aliphatic carbocycles. The van der Waals surface area contributed by atoms with Gasteiger partial charge in [-0.1, -0.05) is 211 Å². The number of unbranched alkanes of at least 4 members (excludes halogenated alkanes) is 28. The highest BCUT2D eigenvalue weighted by Crippen LogP contribution is 2.43. The number of allylic oxidation sites excluding steroid dienone is 6. The number of aliphatic carboxylic acids is 1. The Morgan fingerprint density at radius 3 is 1.34 bits per heavy atom.